The Kier molecular flexibility index (Phi) is 4.08. The van der Waals surface area contributed by atoms with E-state index in [-0.39, 0.29) is 11.4 Å². The summed E-state index contributed by atoms with van der Waals surface area (Å²) in [4.78, 5) is 28.1. The molecule has 1 amide bonds. The van der Waals surface area contributed by atoms with E-state index in [1.165, 1.54) is 23.3 Å². The van der Waals surface area contributed by atoms with E-state index in [0.29, 0.717) is 17.2 Å². The SMILES string of the molecule is CCCc1[nH]nc(C(=O)N(C)c2nccs2)c1[N+](=O)[O-]. The molecule has 0 aliphatic heterocycles. The number of nitrogens with one attached hydrogen (secondary N) is 1. The van der Waals surface area contributed by atoms with Gasteiger partial charge in [-0.1, -0.05) is 13.3 Å². The van der Waals surface area contributed by atoms with Crippen LogP contribution >= 0.6 is 11.3 Å². The first kappa shape index (κ1) is 14.1. The van der Waals surface area contributed by atoms with E-state index in [4.69, 9.17) is 0 Å². The van der Waals surface area contributed by atoms with Gasteiger partial charge in [-0.25, -0.2) is 4.98 Å². The molecule has 0 spiro atoms. The highest BCUT2D eigenvalue weighted by molar-refractivity contribution is 7.13. The summed E-state index contributed by atoms with van der Waals surface area (Å²) in [6, 6.07) is 0. The van der Waals surface area contributed by atoms with Gasteiger partial charge in [-0.2, -0.15) is 5.10 Å². The molecule has 0 fully saturated rings. The Bertz CT molecular complexity index is 622. The molecule has 1 N–H and O–H groups in total. The molecule has 0 saturated carbocycles. The second kappa shape index (κ2) is 5.78. The van der Waals surface area contributed by atoms with Gasteiger partial charge >= 0.3 is 5.69 Å². The van der Waals surface area contributed by atoms with Crippen molar-refractivity contribution in [2.45, 2.75) is 19.8 Å². The highest BCUT2D eigenvalue weighted by atomic mass is 32.1. The van der Waals surface area contributed by atoms with Crippen molar-refractivity contribution in [3.63, 3.8) is 0 Å². The minimum absolute atomic E-state index is 0.184. The summed E-state index contributed by atoms with van der Waals surface area (Å²) >= 11 is 1.27. The second-order valence-corrected chi connectivity index (χ2v) is 4.96. The molecular formula is C11H13N5O3S. The summed E-state index contributed by atoms with van der Waals surface area (Å²) in [7, 11) is 1.51. The van der Waals surface area contributed by atoms with Crippen molar-refractivity contribution in [2.75, 3.05) is 11.9 Å². The molecule has 2 aromatic heterocycles. The van der Waals surface area contributed by atoms with Gasteiger partial charge in [0.05, 0.1) is 4.92 Å². The molecule has 0 aromatic carbocycles. The van der Waals surface area contributed by atoms with Crippen molar-refractivity contribution in [3.8, 4) is 0 Å². The highest BCUT2D eigenvalue weighted by Crippen LogP contribution is 2.25. The largest absolute Gasteiger partial charge is 0.322 e. The summed E-state index contributed by atoms with van der Waals surface area (Å²) in [6.45, 7) is 1.90. The first-order valence-corrected chi connectivity index (χ1v) is 6.83. The topological polar surface area (TPSA) is 105 Å². The third-order valence-corrected chi connectivity index (χ3v) is 3.56. The lowest BCUT2D eigenvalue weighted by atomic mass is 10.2. The molecule has 2 aromatic rings. The van der Waals surface area contributed by atoms with E-state index in [1.807, 2.05) is 6.92 Å². The zero-order chi connectivity index (χ0) is 14.7. The van der Waals surface area contributed by atoms with E-state index in [1.54, 1.807) is 11.6 Å². The number of carbonyl (C=O) groups is 1. The Hall–Kier alpha value is -2.29. The minimum Gasteiger partial charge on any atom is -0.286 e. The molecule has 20 heavy (non-hydrogen) atoms. The zero-order valence-corrected chi connectivity index (χ0v) is 11.8. The lowest BCUT2D eigenvalue weighted by Gasteiger charge is -2.11. The Morgan fingerprint density at radius 1 is 1.60 bits per heavy atom. The van der Waals surface area contributed by atoms with Crippen LogP contribution < -0.4 is 4.90 Å². The summed E-state index contributed by atoms with van der Waals surface area (Å²) in [5, 5.41) is 19.7. The Morgan fingerprint density at radius 2 is 2.35 bits per heavy atom. The fourth-order valence-corrected chi connectivity index (χ4v) is 2.38. The summed E-state index contributed by atoms with van der Waals surface area (Å²) < 4.78 is 0. The van der Waals surface area contributed by atoms with Crippen LogP contribution in [-0.4, -0.2) is 33.1 Å². The lowest BCUT2D eigenvalue weighted by molar-refractivity contribution is -0.385. The lowest BCUT2D eigenvalue weighted by Crippen LogP contribution is -2.27. The van der Waals surface area contributed by atoms with Gasteiger partial charge in [-0.3, -0.25) is 24.9 Å². The van der Waals surface area contributed by atoms with Crippen molar-refractivity contribution in [2.24, 2.45) is 0 Å². The molecule has 0 atom stereocenters. The van der Waals surface area contributed by atoms with Gasteiger partial charge in [-0.15, -0.1) is 11.3 Å². The van der Waals surface area contributed by atoms with E-state index in [2.05, 4.69) is 15.2 Å². The molecule has 0 bridgehead atoms. The standard InChI is InChI=1S/C11H13N5O3S/c1-3-4-7-9(16(18)19)8(14-13-7)10(17)15(2)11-12-5-6-20-11/h5-6H,3-4H2,1-2H3,(H,13,14). The fraction of sp³-hybridized carbons (Fsp3) is 0.364. The molecule has 106 valence electrons. The quantitative estimate of drug-likeness (QED) is 0.671. The van der Waals surface area contributed by atoms with Crippen LogP contribution in [0.1, 0.15) is 29.5 Å². The number of amides is 1. The molecule has 0 radical (unpaired) electrons. The molecule has 0 aliphatic rings. The maximum Gasteiger partial charge on any atom is 0.322 e. The van der Waals surface area contributed by atoms with E-state index in [0.717, 1.165) is 6.42 Å². The third-order valence-electron chi connectivity index (χ3n) is 2.71. The summed E-state index contributed by atoms with van der Waals surface area (Å²) in [5.41, 5.74) is -0.0650. The van der Waals surface area contributed by atoms with Crippen LogP contribution in [0.5, 0.6) is 0 Å². The number of rotatable bonds is 5. The first-order chi connectivity index (χ1) is 9.56. The van der Waals surface area contributed by atoms with Crippen molar-refractivity contribution < 1.29 is 9.72 Å². The molecule has 0 aliphatic carbocycles. The fourth-order valence-electron chi connectivity index (χ4n) is 1.77. The van der Waals surface area contributed by atoms with Crippen LogP contribution in [-0.2, 0) is 6.42 Å². The predicted molar refractivity (Wildman–Crippen MR) is 74.1 cm³/mol. The molecule has 0 saturated heterocycles. The number of aromatic amines is 1. The van der Waals surface area contributed by atoms with Crippen LogP contribution in [0.15, 0.2) is 11.6 Å². The molecule has 9 heteroatoms. The van der Waals surface area contributed by atoms with Gasteiger partial charge in [0.25, 0.3) is 5.91 Å². The number of anilines is 1. The first-order valence-electron chi connectivity index (χ1n) is 5.95. The van der Waals surface area contributed by atoms with Crippen LogP contribution in [0.4, 0.5) is 10.8 Å². The van der Waals surface area contributed by atoms with E-state index in [9.17, 15) is 14.9 Å². The number of aromatic nitrogens is 3. The number of thiazole rings is 1. The molecule has 0 unspecified atom stereocenters. The second-order valence-electron chi connectivity index (χ2n) is 4.09. The Labute approximate surface area is 118 Å². The van der Waals surface area contributed by atoms with E-state index < -0.39 is 10.8 Å². The number of hydrogen-bond acceptors (Lipinski definition) is 6. The van der Waals surface area contributed by atoms with Gasteiger partial charge in [-0.05, 0) is 6.42 Å². The van der Waals surface area contributed by atoms with Gasteiger partial charge in [0.1, 0.15) is 5.69 Å². The van der Waals surface area contributed by atoms with Crippen LogP contribution in [0.3, 0.4) is 0 Å². The summed E-state index contributed by atoms with van der Waals surface area (Å²) in [6.07, 6.45) is 2.75. The van der Waals surface area contributed by atoms with Gasteiger partial charge in [0.2, 0.25) is 5.69 Å². The Balaban J connectivity index is 2.37. The molecule has 8 nitrogen and oxygen atoms in total. The number of nitro groups is 1. The van der Waals surface area contributed by atoms with E-state index >= 15 is 0 Å². The molecule has 2 rings (SSSR count). The number of nitrogens with zero attached hydrogens (tertiary/aromatic N) is 4. The van der Waals surface area contributed by atoms with Gasteiger partial charge < -0.3 is 0 Å². The molecular weight excluding hydrogens is 282 g/mol. The average molecular weight is 295 g/mol. The zero-order valence-electron chi connectivity index (χ0n) is 11.0. The van der Waals surface area contributed by atoms with Crippen LogP contribution in [0, 0.1) is 10.1 Å². The van der Waals surface area contributed by atoms with Crippen LogP contribution in [0.2, 0.25) is 0 Å². The maximum absolute atomic E-state index is 12.3. The minimum atomic E-state index is -0.572. The number of aryl methyl sites for hydroxylation is 1. The van der Waals surface area contributed by atoms with Crippen LogP contribution in [0.25, 0.3) is 0 Å². The van der Waals surface area contributed by atoms with Crippen molar-refractivity contribution in [1.29, 1.82) is 0 Å². The monoisotopic (exact) mass is 295 g/mol. The number of hydrogen-bond donors (Lipinski definition) is 1. The number of H-pyrrole nitrogens is 1. The normalized spacial score (nSPS) is 10.5. The van der Waals surface area contributed by atoms with Crippen molar-refractivity contribution in [1.82, 2.24) is 15.2 Å². The average Bonchev–Trinajstić information content (AvgIpc) is 3.06. The molecule has 2 heterocycles. The smallest absolute Gasteiger partial charge is 0.286 e. The van der Waals surface area contributed by atoms with Gasteiger partial charge in [0.15, 0.2) is 5.13 Å². The van der Waals surface area contributed by atoms with Crippen molar-refractivity contribution >= 4 is 28.1 Å². The van der Waals surface area contributed by atoms with Gasteiger partial charge in [0, 0.05) is 18.6 Å². The summed E-state index contributed by atoms with van der Waals surface area (Å²) in [5.74, 6) is -0.551. The predicted octanol–water partition coefficient (Wildman–Crippen LogP) is 2.00. The highest BCUT2D eigenvalue weighted by Gasteiger charge is 2.31. The third kappa shape index (κ3) is 2.52. The van der Waals surface area contributed by atoms with Crippen molar-refractivity contribution in [3.05, 3.63) is 33.1 Å². The number of carbonyl (C=O) groups excluding carboxylic acids is 1. The maximum atomic E-state index is 12.3. The Morgan fingerprint density at radius 3 is 2.90 bits per heavy atom.